The van der Waals surface area contributed by atoms with Gasteiger partial charge in [0.25, 0.3) is 0 Å². The summed E-state index contributed by atoms with van der Waals surface area (Å²) in [5.74, 6) is -0.117. The van der Waals surface area contributed by atoms with Gasteiger partial charge >= 0.3 is 5.97 Å². The van der Waals surface area contributed by atoms with Crippen LogP contribution in [0.1, 0.15) is 40.0 Å². The Morgan fingerprint density at radius 3 is 2.47 bits per heavy atom. The van der Waals surface area contributed by atoms with Crippen LogP contribution in [0.5, 0.6) is 0 Å². The Labute approximate surface area is 102 Å². The Balaban J connectivity index is 2.37. The third-order valence-corrected chi connectivity index (χ3v) is 4.32. The first-order valence-corrected chi connectivity index (χ1v) is 6.10. The number of nitrogens with one attached hydrogen (secondary N) is 1. The molecule has 96 valence electrons. The number of piperidine rings is 1. The summed E-state index contributed by atoms with van der Waals surface area (Å²) in [5.41, 5.74) is -0.966. The zero-order valence-corrected chi connectivity index (χ0v) is 11.1. The number of fused-ring (bicyclic) bond motifs is 2. The van der Waals surface area contributed by atoms with E-state index < -0.39 is 10.8 Å². The van der Waals surface area contributed by atoms with E-state index in [0.717, 1.165) is 12.8 Å². The lowest BCUT2D eigenvalue weighted by molar-refractivity contribution is -0.167. The van der Waals surface area contributed by atoms with Crippen LogP contribution in [0.25, 0.3) is 0 Å². The van der Waals surface area contributed by atoms with Gasteiger partial charge in [0.2, 0.25) is 5.91 Å². The van der Waals surface area contributed by atoms with E-state index in [1.807, 2.05) is 13.8 Å². The van der Waals surface area contributed by atoms with E-state index in [1.165, 1.54) is 7.11 Å². The van der Waals surface area contributed by atoms with E-state index in [9.17, 15) is 9.59 Å². The molecule has 17 heavy (non-hydrogen) atoms. The fraction of sp³-hybridized carbons (Fsp3) is 0.846. The third-order valence-electron chi connectivity index (χ3n) is 4.32. The van der Waals surface area contributed by atoms with Gasteiger partial charge in [0.15, 0.2) is 0 Å². The van der Waals surface area contributed by atoms with Crippen LogP contribution < -0.4 is 5.32 Å². The summed E-state index contributed by atoms with van der Waals surface area (Å²) < 4.78 is 4.91. The molecule has 4 nitrogen and oxygen atoms in total. The number of methoxy groups -OCH3 is 1. The number of amides is 1. The van der Waals surface area contributed by atoms with E-state index in [1.54, 1.807) is 0 Å². The van der Waals surface area contributed by atoms with E-state index in [0.29, 0.717) is 13.0 Å². The maximum atomic E-state index is 12.0. The van der Waals surface area contributed by atoms with E-state index in [2.05, 4.69) is 12.2 Å². The molecule has 1 N–H and O–H groups in total. The normalized spacial score (nSPS) is 45.1. The molecule has 0 aromatic rings. The molecule has 1 saturated carbocycles. The van der Waals surface area contributed by atoms with Crippen molar-refractivity contribution in [3.63, 3.8) is 0 Å². The number of hydrogen-bond acceptors (Lipinski definition) is 3. The molecule has 0 spiro atoms. The van der Waals surface area contributed by atoms with Crippen molar-refractivity contribution in [1.29, 1.82) is 0 Å². The van der Waals surface area contributed by atoms with Crippen LogP contribution in [0.2, 0.25) is 0 Å². The molecule has 1 amide bonds. The molecule has 3 unspecified atom stereocenters. The molecule has 1 aliphatic heterocycles. The molecule has 4 heteroatoms. The maximum absolute atomic E-state index is 12.0. The molecule has 1 saturated heterocycles. The Morgan fingerprint density at radius 2 is 1.88 bits per heavy atom. The second kappa shape index (κ2) is 3.47. The van der Waals surface area contributed by atoms with Crippen LogP contribution in [-0.4, -0.2) is 25.5 Å². The van der Waals surface area contributed by atoms with E-state index >= 15 is 0 Å². The van der Waals surface area contributed by atoms with Gasteiger partial charge in [-0.2, -0.15) is 0 Å². The van der Waals surface area contributed by atoms with Crippen molar-refractivity contribution in [2.24, 2.45) is 16.2 Å². The predicted octanol–water partition coefficient (Wildman–Crippen LogP) is 1.49. The fourth-order valence-corrected chi connectivity index (χ4v) is 4.12. The van der Waals surface area contributed by atoms with Gasteiger partial charge in [-0.05, 0) is 31.6 Å². The number of ether oxygens (including phenoxy) is 1. The van der Waals surface area contributed by atoms with Gasteiger partial charge < -0.3 is 10.1 Å². The molecule has 0 aromatic carbocycles. The summed E-state index contributed by atoms with van der Waals surface area (Å²) in [6.07, 6.45) is 2.22. The monoisotopic (exact) mass is 239 g/mol. The van der Waals surface area contributed by atoms with E-state index in [4.69, 9.17) is 4.74 Å². The highest BCUT2D eigenvalue weighted by atomic mass is 16.5. The molecule has 2 aliphatic rings. The minimum absolute atomic E-state index is 0.00382. The predicted molar refractivity (Wildman–Crippen MR) is 63.2 cm³/mol. The van der Waals surface area contributed by atoms with Gasteiger partial charge in [0.05, 0.1) is 12.5 Å². The first kappa shape index (κ1) is 12.4. The summed E-state index contributed by atoms with van der Waals surface area (Å²) in [7, 11) is 1.42. The summed E-state index contributed by atoms with van der Waals surface area (Å²) in [4.78, 5) is 24.0. The summed E-state index contributed by atoms with van der Waals surface area (Å²) in [5, 5.41) is 2.97. The summed E-state index contributed by atoms with van der Waals surface area (Å²) in [6.45, 7) is 6.69. The standard InChI is InChI=1S/C13H21NO3/c1-11-5-12(2,9(15)14-8-11)7-13(3,6-11)10(16)17-4/h5-8H2,1-4H3,(H,14,15). The van der Waals surface area contributed by atoms with Crippen LogP contribution in [0, 0.1) is 16.2 Å². The molecule has 0 aromatic heterocycles. The molecule has 3 atom stereocenters. The Morgan fingerprint density at radius 1 is 1.24 bits per heavy atom. The molecular weight excluding hydrogens is 218 g/mol. The molecule has 1 heterocycles. The van der Waals surface area contributed by atoms with Crippen molar-refractivity contribution >= 4 is 11.9 Å². The number of rotatable bonds is 1. The van der Waals surface area contributed by atoms with Crippen molar-refractivity contribution in [1.82, 2.24) is 5.32 Å². The number of esters is 1. The van der Waals surface area contributed by atoms with Gasteiger partial charge in [-0.25, -0.2) is 0 Å². The largest absolute Gasteiger partial charge is 0.469 e. The molecule has 2 rings (SSSR count). The molecular formula is C13H21NO3. The Bertz CT molecular complexity index is 381. The quantitative estimate of drug-likeness (QED) is 0.705. The SMILES string of the molecule is COC(=O)C1(C)CC2(C)CNC(=O)C(C)(C2)C1. The summed E-state index contributed by atoms with van der Waals surface area (Å²) in [6, 6.07) is 0. The average Bonchev–Trinajstić information content (AvgIpc) is 2.21. The highest BCUT2D eigenvalue weighted by molar-refractivity contribution is 5.86. The van der Waals surface area contributed by atoms with Crippen molar-refractivity contribution in [3.05, 3.63) is 0 Å². The van der Waals surface area contributed by atoms with Gasteiger partial charge in [-0.1, -0.05) is 13.8 Å². The van der Waals surface area contributed by atoms with Crippen LogP contribution in [-0.2, 0) is 14.3 Å². The van der Waals surface area contributed by atoms with Crippen molar-refractivity contribution in [2.75, 3.05) is 13.7 Å². The molecule has 0 radical (unpaired) electrons. The number of carbonyl (C=O) groups is 2. The topological polar surface area (TPSA) is 55.4 Å². The van der Waals surface area contributed by atoms with Crippen LogP contribution >= 0.6 is 0 Å². The maximum Gasteiger partial charge on any atom is 0.311 e. The van der Waals surface area contributed by atoms with E-state index in [-0.39, 0.29) is 17.3 Å². The fourth-order valence-electron chi connectivity index (χ4n) is 4.12. The van der Waals surface area contributed by atoms with Crippen molar-refractivity contribution < 1.29 is 14.3 Å². The minimum Gasteiger partial charge on any atom is -0.469 e. The first-order chi connectivity index (χ1) is 7.73. The molecule has 2 fully saturated rings. The highest BCUT2D eigenvalue weighted by Gasteiger charge is 2.57. The lowest BCUT2D eigenvalue weighted by atomic mass is 9.52. The average molecular weight is 239 g/mol. The zero-order chi connectivity index (χ0) is 12.9. The number of hydrogen-bond donors (Lipinski definition) is 1. The van der Waals surface area contributed by atoms with Gasteiger partial charge in [0.1, 0.15) is 0 Å². The van der Waals surface area contributed by atoms with Crippen molar-refractivity contribution in [2.45, 2.75) is 40.0 Å². The second-order valence-corrected chi connectivity index (χ2v) is 6.64. The molecule has 1 aliphatic carbocycles. The summed E-state index contributed by atoms with van der Waals surface area (Å²) >= 11 is 0. The van der Waals surface area contributed by atoms with Crippen molar-refractivity contribution in [3.8, 4) is 0 Å². The second-order valence-electron chi connectivity index (χ2n) is 6.64. The van der Waals surface area contributed by atoms with Crippen LogP contribution in [0.4, 0.5) is 0 Å². The Kier molecular flexibility index (Phi) is 2.53. The Hall–Kier alpha value is -1.06. The minimum atomic E-state index is -0.533. The zero-order valence-electron chi connectivity index (χ0n) is 11.1. The first-order valence-electron chi connectivity index (χ1n) is 6.10. The van der Waals surface area contributed by atoms with Gasteiger partial charge in [-0.3, -0.25) is 9.59 Å². The third kappa shape index (κ3) is 1.83. The lowest BCUT2D eigenvalue weighted by Crippen LogP contribution is -2.60. The highest BCUT2D eigenvalue weighted by Crippen LogP contribution is 2.56. The van der Waals surface area contributed by atoms with Gasteiger partial charge in [0, 0.05) is 12.0 Å². The smallest absolute Gasteiger partial charge is 0.311 e. The molecule has 2 bridgehead atoms. The van der Waals surface area contributed by atoms with Crippen LogP contribution in [0.15, 0.2) is 0 Å². The lowest BCUT2D eigenvalue weighted by Gasteiger charge is -2.54. The number of carbonyl (C=O) groups excluding carboxylic acids is 2. The van der Waals surface area contributed by atoms with Crippen LogP contribution in [0.3, 0.4) is 0 Å². The van der Waals surface area contributed by atoms with Gasteiger partial charge in [-0.15, -0.1) is 0 Å².